The van der Waals surface area contributed by atoms with Crippen molar-refractivity contribution < 1.29 is 14.6 Å². The van der Waals surface area contributed by atoms with E-state index >= 15 is 0 Å². The van der Waals surface area contributed by atoms with Crippen LogP contribution in [0.3, 0.4) is 0 Å². The van der Waals surface area contributed by atoms with Crippen molar-refractivity contribution in [3.05, 3.63) is 89.7 Å². The van der Waals surface area contributed by atoms with Gasteiger partial charge in [-0.15, -0.1) is 0 Å². The summed E-state index contributed by atoms with van der Waals surface area (Å²) in [6.07, 6.45) is -0.865. The van der Waals surface area contributed by atoms with Crippen LogP contribution < -0.4 is 9.47 Å². The number of aliphatic hydroxyl groups excluding tert-OH is 1. The van der Waals surface area contributed by atoms with E-state index in [0.717, 1.165) is 22.2 Å². The highest BCUT2D eigenvalue weighted by Gasteiger charge is 2.22. The third kappa shape index (κ3) is 2.82. The van der Waals surface area contributed by atoms with Gasteiger partial charge in [0.05, 0.1) is 11.0 Å². The molecule has 1 atom stereocenters. The lowest BCUT2D eigenvalue weighted by Gasteiger charge is -2.15. The van der Waals surface area contributed by atoms with Gasteiger partial charge in [0.1, 0.15) is 11.9 Å². The van der Waals surface area contributed by atoms with Crippen LogP contribution in [-0.2, 0) is 6.54 Å². The Hall–Kier alpha value is -3.31. The third-order valence-electron chi connectivity index (χ3n) is 4.82. The molecular weight excluding hydrogens is 340 g/mol. The highest BCUT2D eigenvalue weighted by atomic mass is 16.7. The quantitative estimate of drug-likeness (QED) is 0.601. The Balaban J connectivity index is 1.60. The smallest absolute Gasteiger partial charge is 0.231 e. The average Bonchev–Trinajstić information content (AvgIpc) is 3.32. The molecule has 0 saturated carbocycles. The van der Waals surface area contributed by atoms with Gasteiger partial charge in [-0.1, -0.05) is 48.5 Å². The summed E-state index contributed by atoms with van der Waals surface area (Å²) in [6, 6.07) is 23.6. The zero-order chi connectivity index (χ0) is 18.2. The van der Waals surface area contributed by atoms with Crippen molar-refractivity contribution in [1.29, 1.82) is 0 Å². The zero-order valence-electron chi connectivity index (χ0n) is 14.6. The Morgan fingerprint density at radius 2 is 1.70 bits per heavy atom. The van der Waals surface area contributed by atoms with Gasteiger partial charge in [-0.3, -0.25) is 0 Å². The highest BCUT2D eigenvalue weighted by Crippen LogP contribution is 2.36. The van der Waals surface area contributed by atoms with E-state index in [1.807, 2.05) is 60.7 Å². The summed E-state index contributed by atoms with van der Waals surface area (Å²) in [5, 5.41) is 11.1. The van der Waals surface area contributed by atoms with Gasteiger partial charge in [-0.05, 0) is 35.4 Å². The minimum Gasteiger partial charge on any atom is -0.454 e. The van der Waals surface area contributed by atoms with Gasteiger partial charge in [0.2, 0.25) is 6.79 Å². The van der Waals surface area contributed by atoms with Crippen LogP contribution in [0.5, 0.6) is 11.5 Å². The van der Waals surface area contributed by atoms with Crippen LogP contribution in [0.2, 0.25) is 0 Å². The number of nitrogens with zero attached hydrogens (tertiary/aromatic N) is 2. The van der Waals surface area contributed by atoms with Gasteiger partial charge < -0.3 is 19.1 Å². The Labute approximate surface area is 156 Å². The van der Waals surface area contributed by atoms with Crippen molar-refractivity contribution in [3.8, 4) is 11.5 Å². The summed E-state index contributed by atoms with van der Waals surface area (Å²) in [4.78, 5) is 4.72. The number of fused-ring (bicyclic) bond motifs is 2. The fourth-order valence-electron chi connectivity index (χ4n) is 3.47. The first-order valence-corrected chi connectivity index (χ1v) is 8.86. The van der Waals surface area contributed by atoms with E-state index in [4.69, 9.17) is 14.5 Å². The number of ether oxygens (including phenoxy) is 2. The number of hydrogen-bond donors (Lipinski definition) is 1. The molecule has 1 aliphatic heterocycles. The van der Waals surface area contributed by atoms with Crippen molar-refractivity contribution in [3.63, 3.8) is 0 Å². The molecule has 1 N–H and O–H groups in total. The highest BCUT2D eigenvalue weighted by molar-refractivity contribution is 5.76. The molecule has 1 aromatic heterocycles. The number of hydrogen-bond acceptors (Lipinski definition) is 4. The molecule has 0 aliphatic carbocycles. The number of imidazole rings is 1. The van der Waals surface area contributed by atoms with Crippen LogP contribution >= 0.6 is 0 Å². The van der Waals surface area contributed by atoms with E-state index < -0.39 is 6.10 Å². The molecule has 0 spiro atoms. The summed E-state index contributed by atoms with van der Waals surface area (Å²) in [7, 11) is 0. The molecule has 27 heavy (non-hydrogen) atoms. The van der Waals surface area contributed by atoms with Gasteiger partial charge >= 0.3 is 0 Å². The van der Waals surface area contributed by atoms with E-state index in [2.05, 4.69) is 16.7 Å². The van der Waals surface area contributed by atoms with Gasteiger partial charge in [-0.25, -0.2) is 4.98 Å². The maximum Gasteiger partial charge on any atom is 0.231 e. The number of benzene rings is 3. The van der Waals surface area contributed by atoms with Crippen molar-refractivity contribution in [2.75, 3.05) is 6.79 Å². The number of aromatic nitrogens is 2. The second-order valence-electron chi connectivity index (χ2n) is 6.55. The van der Waals surface area contributed by atoms with E-state index in [9.17, 15) is 5.11 Å². The first kappa shape index (κ1) is 15.9. The van der Waals surface area contributed by atoms with Crippen molar-refractivity contribution >= 4 is 11.0 Å². The molecule has 0 bridgehead atoms. The fourth-order valence-corrected chi connectivity index (χ4v) is 3.47. The Kier molecular flexibility index (Phi) is 3.80. The van der Waals surface area contributed by atoms with Crippen molar-refractivity contribution in [2.24, 2.45) is 0 Å². The molecule has 5 nitrogen and oxygen atoms in total. The van der Waals surface area contributed by atoms with E-state index in [1.54, 1.807) is 0 Å². The summed E-state index contributed by atoms with van der Waals surface area (Å²) in [5.74, 6) is 1.96. The molecule has 0 saturated heterocycles. The molecule has 0 fully saturated rings. The lowest BCUT2D eigenvalue weighted by atomic mass is 10.1. The van der Waals surface area contributed by atoms with Gasteiger partial charge in [-0.2, -0.15) is 0 Å². The minimum atomic E-state index is -0.865. The molecule has 2 heterocycles. The third-order valence-corrected chi connectivity index (χ3v) is 4.82. The van der Waals surface area contributed by atoms with Crippen LogP contribution in [0.4, 0.5) is 0 Å². The summed E-state index contributed by atoms with van der Waals surface area (Å²) < 4.78 is 12.9. The second-order valence-corrected chi connectivity index (χ2v) is 6.55. The Morgan fingerprint density at radius 3 is 2.59 bits per heavy atom. The standard InChI is InChI=1S/C22H18N2O3/c25-21(16-10-11-19-20(12-16)27-14-26-19)22-23-17-8-4-5-9-18(17)24(22)13-15-6-2-1-3-7-15/h1-12,21,25H,13-14H2/t21-/m0/s1. The zero-order valence-corrected chi connectivity index (χ0v) is 14.6. The molecular formula is C22H18N2O3. The normalized spacial score (nSPS) is 13.8. The van der Waals surface area contributed by atoms with Crippen LogP contribution in [0.25, 0.3) is 11.0 Å². The average molecular weight is 358 g/mol. The Bertz CT molecular complexity index is 1110. The predicted octanol–water partition coefficient (Wildman–Crippen LogP) is 3.90. The minimum absolute atomic E-state index is 0.210. The van der Waals surface area contributed by atoms with Crippen molar-refractivity contribution in [1.82, 2.24) is 9.55 Å². The first-order chi connectivity index (χ1) is 13.3. The maximum absolute atomic E-state index is 11.1. The van der Waals surface area contributed by atoms with Gasteiger partial charge in [0.25, 0.3) is 0 Å². The van der Waals surface area contributed by atoms with Crippen LogP contribution in [0.15, 0.2) is 72.8 Å². The maximum atomic E-state index is 11.1. The lowest BCUT2D eigenvalue weighted by Crippen LogP contribution is -2.11. The predicted molar refractivity (Wildman–Crippen MR) is 102 cm³/mol. The topological polar surface area (TPSA) is 56.5 Å². The van der Waals surface area contributed by atoms with Crippen LogP contribution in [0, 0.1) is 0 Å². The van der Waals surface area contributed by atoms with Crippen molar-refractivity contribution in [2.45, 2.75) is 12.6 Å². The van der Waals surface area contributed by atoms with E-state index in [1.165, 1.54) is 0 Å². The molecule has 4 aromatic rings. The SMILES string of the molecule is O[C@@H](c1ccc2c(c1)OCO2)c1nc2ccccc2n1Cc1ccccc1. The molecule has 5 rings (SSSR count). The fraction of sp³-hybridized carbons (Fsp3) is 0.136. The summed E-state index contributed by atoms with van der Waals surface area (Å²) in [6.45, 7) is 0.847. The lowest BCUT2D eigenvalue weighted by molar-refractivity contribution is 0.173. The Morgan fingerprint density at radius 1 is 0.926 bits per heavy atom. The summed E-state index contributed by atoms with van der Waals surface area (Å²) in [5.41, 5.74) is 3.74. The molecule has 0 amide bonds. The molecule has 0 radical (unpaired) electrons. The van der Waals surface area contributed by atoms with E-state index in [0.29, 0.717) is 23.9 Å². The van der Waals surface area contributed by atoms with Crippen LogP contribution in [0.1, 0.15) is 23.1 Å². The number of aliphatic hydroxyl groups is 1. The monoisotopic (exact) mass is 358 g/mol. The largest absolute Gasteiger partial charge is 0.454 e. The number of para-hydroxylation sites is 2. The molecule has 3 aromatic carbocycles. The molecule has 5 heteroatoms. The summed E-state index contributed by atoms with van der Waals surface area (Å²) >= 11 is 0. The van der Waals surface area contributed by atoms with Gasteiger partial charge in [0.15, 0.2) is 11.5 Å². The molecule has 1 aliphatic rings. The molecule has 134 valence electrons. The van der Waals surface area contributed by atoms with Gasteiger partial charge in [0, 0.05) is 6.54 Å². The van der Waals surface area contributed by atoms with Crippen LogP contribution in [-0.4, -0.2) is 21.5 Å². The second kappa shape index (κ2) is 6.45. The first-order valence-electron chi connectivity index (χ1n) is 8.86. The molecule has 0 unspecified atom stereocenters. The number of rotatable bonds is 4. The van der Waals surface area contributed by atoms with E-state index in [-0.39, 0.29) is 6.79 Å².